The first kappa shape index (κ1) is 15.8. The zero-order valence-electron chi connectivity index (χ0n) is 12.5. The molecule has 1 heterocycles. The second-order valence-electron chi connectivity index (χ2n) is 5.70. The van der Waals surface area contributed by atoms with Crippen LogP contribution < -0.4 is 4.74 Å². The van der Waals surface area contributed by atoms with Crippen LogP contribution in [0.4, 0.5) is 0 Å². The van der Waals surface area contributed by atoms with Crippen molar-refractivity contribution in [1.82, 2.24) is 0 Å². The van der Waals surface area contributed by atoms with Gasteiger partial charge in [-0.2, -0.15) is 0 Å². The molecule has 0 saturated carbocycles. The van der Waals surface area contributed by atoms with Gasteiger partial charge in [0.2, 0.25) is 0 Å². The molecule has 0 radical (unpaired) electrons. The van der Waals surface area contributed by atoms with Gasteiger partial charge >= 0.3 is 147 Å². The van der Waals surface area contributed by atoms with E-state index < -0.39 is 19.8 Å². The van der Waals surface area contributed by atoms with E-state index in [0.717, 1.165) is 37.0 Å². The number of allylic oxidation sites excluding steroid dienone is 1. The Bertz CT molecular complexity index is 738. The van der Waals surface area contributed by atoms with Crippen molar-refractivity contribution < 1.29 is 9.53 Å². The molecule has 0 amide bonds. The van der Waals surface area contributed by atoms with Gasteiger partial charge in [-0.15, -0.1) is 0 Å². The number of hydrogen-bond donors (Lipinski definition) is 0. The fourth-order valence-corrected chi connectivity index (χ4v) is 7.02. The van der Waals surface area contributed by atoms with Gasteiger partial charge in [0.15, 0.2) is 0 Å². The molecule has 4 heteroatoms. The quantitative estimate of drug-likeness (QED) is 0.492. The van der Waals surface area contributed by atoms with Crippen LogP contribution in [0.5, 0.6) is 5.75 Å². The number of benzene rings is 2. The minimum absolute atomic E-state index is 0.252. The molecule has 1 atom stereocenters. The van der Waals surface area contributed by atoms with Gasteiger partial charge in [0.25, 0.3) is 0 Å². The second kappa shape index (κ2) is 6.59. The molecule has 2 nitrogen and oxygen atoms in total. The third-order valence-corrected chi connectivity index (χ3v) is 8.56. The molecule has 112 valence electrons. The van der Waals surface area contributed by atoms with Crippen LogP contribution in [0, 0.1) is 0 Å². The summed E-state index contributed by atoms with van der Waals surface area (Å²) in [5, 5.41) is 0. The summed E-state index contributed by atoms with van der Waals surface area (Å²) >= 11 is 1.55. The monoisotopic (exact) mass is 464 g/mol. The van der Waals surface area contributed by atoms with Crippen LogP contribution in [-0.2, 0) is 4.79 Å². The SMILES string of the molecule is [CH3][SnH]([CH3])[C]1=C(c2ccccc2)C(C=O)c2cc(Br)ccc2O1. The fraction of sp³-hybridized carbons (Fsp3) is 0.167. The van der Waals surface area contributed by atoms with E-state index in [1.54, 1.807) is 0 Å². The van der Waals surface area contributed by atoms with Gasteiger partial charge in [-0.1, -0.05) is 0 Å². The maximum atomic E-state index is 11.9. The Balaban J connectivity index is 2.23. The van der Waals surface area contributed by atoms with Crippen LogP contribution in [0.25, 0.3) is 5.57 Å². The predicted octanol–water partition coefficient (Wildman–Crippen LogP) is 4.56. The van der Waals surface area contributed by atoms with Gasteiger partial charge in [0.05, 0.1) is 0 Å². The molecule has 1 unspecified atom stereocenters. The Morgan fingerprint density at radius 3 is 2.50 bits per heavy atom. The van der Waals surface area contributed by atoms with E-state index in [2.05, 4.69) is 37.9 Å². The minimum atomic E-state index is -1.94. The number of aldehydes is 1. The molecule has 0 aromatic heterocycles. The average molecular weight is 464 g/mol. The summed E-state index contributed by atoms with van der Waals surface area (Å²) in [7, 11) is 0. The molecule has 3 rings (SSSR count). The molecule has 0 bridgehead atoms. The summed E-state index contributed by atoms with van der Waals surface area (Å²) in [6.07, 6.45) is 1.05. The molecular weight excluding hydrogens is 447 g/mol. The van der Waals surface area contributed by atoms with Gasteiger partial charge in [-0.05, 0) is 0 Å². The van der Waals surface area contributed by atoms with Crippen molar-refractivity contribution in [3.8, 4) is 5.75 Å². The zero-order chi connectivity index (χ0) is 15.7. The Morgan fingerprint density at radius 2 is 1.86 bits per heavy atom. The summed E-state index contributed by atoms with van der Waals surface area (Å²) in [6.45, 7) is 0. The number of rotatable bonds is 3. The number of fused-ring (bicyclic) bond motifs is 1. The average Bonchev–Trinajstić information content (AvgIpc) is 2.53. The summed E-state index contributed by atoms with van der Waals surface area (Å²) in [4.78, 5) is 16.5. The number of carbonyl (C=O) groups excluding carboxylic acids is 1. The van der Waals surface area contributed by atoms with Gasteiger partial charge in [0.1, 0.15) is 0 Å². The van der Waals surface area contributed by atoms with Crippen LogP contribution in [0.3, 0.4) is 0 Å². The molecule has 2 aromatic rings. The first-order valence-corrected chi connectivity index (χ1v) is 16.4. The number of carbonyl (C=O) groups is 1. The zero-order valence-corrected chi connectivity index (χ0v) is 17.4. The van der Waals surface area contributed by atoms with Crippen molar-refractivity contribution in [2.75, 3.05) is 0 Å². The molecule has 0 N–H and O–H groups in total. The second-order valence-corrected chi connectivity index (χ2v) is 14.7. The summed E-state index contributed by atoms with van der Waals surface area (Å²) in [5.41, 5.74) is 3.09. The van der Waals surface area contributed by atoms with E-state index in [4.69, 9.17) is 4.74 Å². The molecule has 1 aliphatic heterocycles. The van der Waals surface area contributed by atoms with Crippen molar-refractivity contribution >= 4 is 47.5 Å². The normalized spacial score (nSPS) is 17.2. The number of ether oxygens (including phenoxy) is 1. The maximum absolute atomic E-state index is 11.9. The van der Waals surface area contributed by atoms with E-state index in [0.29, 0.717) is 0 Å². The molecule has 2 aromatic carbocycles. The Labute approximate surface area is 146 Å². The molecule has 0 saturated heterocycles. The first-order chi connectivity index (χ1) is 10.6. The predicted molar refractivity (Wildman–Crippen MR) is 95.8 cm³/mol. The van der Waals surface area contributed by atoms with Crippen molar-refractivity contribution in [2.45, 2.75) is 15.8 Å². The first-order valence-electron chi connectivity index (χ1n) is 7.34. The van der Waals surface area contributed by atoms with Gasteiger partial charge in [-0.25, -0.2) is 0 Å². The van der Waals surface area contributed by atoms with Crippen molar-refractivity contribution in [3.63, 3.8) is 0 Å². The van der Waals surface area contributed by atoms with Crippen LogP contribution in [0.1, 0.15) is 17.0 Å². The number of hydrogen-bond acceptors (Lipinski definition) is 2. The third kappa shape index (κ3) is 2.88. The summed E-state index contributed by atoms with van der Waals surface area (Å²) < 4.78 is 8.29. The van der Waals surface area contributed by atoms with Gasteiger partial charge < -0.3 is 0 Å². The van der Waals surface area contributed by atoms with Crippen LogP contribution >= 0.6 is 15.9 Å². The molecule has 1 aliphatic rings. The van der Waals surface area contributed by atoms with Gasteiger partial charge in [-0.3, -0.25) is 0 Å². The van der Waals surface area contributed by atoms with Crippen molar-refractivity contribution in [1.29, 1.82) is 0 Å². The molecule has 22 heavy (non-hydrogen) atoms. The standard InChI is InChI=1S/C16H10BrO2.2CH3.Sn.H/c17-12-6-7-16-13(8-12)14(9-18)15(10-19-16)11-4-2-1-3-5-11;;;;/h1-9,14H;2*1H3;;. The van der Waals surface area contributed by atoms with E-state index in [-0.39, 0.29) is 5.92 Å². The fourth-order valence-electron chi connectivity index (χ4n) is 2.85. The molecular formula is C18H17BrO2Sn. The van der Waals surface area contributed by atoms with E-state index in [1.165, 1.54) is 0 Å². The molecule has 0 spiro atoms. The Hall–Kier alpha value is -1.07. The summed E-state index contributed by atoms with van der Waals surface area (Å²) in [5.74, 6) is 0.568. The topological polar surface area (TPSA) is 26.3 Å². The van der Waals surface area contributed by atoms with Crippen molar-refractivity contribution in [2.24, 2.45) is 0 Å². The van der Waals surface area contributed by atoms with E-state index >= 15 is 0 Å². The van der Waals surface area contributed by atoms with Crippen LogP contribution in [0.15, 0.2) is 56.8 Å². The van der Waals surface area contributed by atoms with E-state index in [1.807, 2.05) is 36.4 Å². The van der Waals surface area contributed by atoms with Crippen LogP contribution in [0.2, 0.25) is 9.88 Å². The molecule has 0 fully saturated rings. The van der Waals surface area contributed by atoms with E-state index in [9.17, 15) is 4.79 Å². The third-order valence-electron chi connectivity index (χ3n) is 3.85. The van der Waals surface area contributed by atoms with Crippen LogP contribution in [-0.4, -0.2) is 26.0 Å². The van der Waals surface area contributed by atoms with Crippen molar-refractivity contribution in [3.05, 3.63) is 67.9 Å². The Morgan fingerprint density at radius 1 is 1.14 bits per heavy atom. The molecule has 0 aliphatic carbocycles. The Kier molecular flexibility index (Phi) is 4.73. The van der Waals surface area contributed by atoms with Gasteiger partial charge in [0, 0.05) is 0 Å². The summed E-state index contributed by atoms with van der Waals surface area (Å²) in [6, 6.07) is 16.0. The number of halogens is 1.